The van der Waals surface area contributed by atoms with Crippen LogP contribution < -0.4 is 0 Å². The number of benzene rings is 1. The molecule has 6 nitrogen and oxygen atoms in total. The number of nitrogens with zero attached hydrogens (tertiary/aromatic N) is 3. The third kappa shape index (κ3) is 2.84. The van der Waals surface area contributed by atoms with Crippen LogP contribution in [0.2, 0.25) is 0 Å². The third-order valence-corrected chi connectivity index (χ3v) is 3.40. The summed E-state index contributed by atoms with van der Waals surface area (Å²) < 4.78 is 13.6. The third-order valence-electron chi connectivity index (χ3n) is 3.40. The van der Waals surface area contributed by atoms with E-state index in [1.807, 2.05) is 0 Å². The van der Waals surface area contributed by atoms with E-state index in [1.54, 1.807) is 13.8 Å². The highest BCUT2D eigenvalue weighted by Gasteiger charge is 2.42. The van der Waals surface area contributed by atoms with Gasteiger partial charge in [0.15, 0.2) is 0 Å². The van der Waals surface area contributed by atoms with E-state index in [2.05, 4.69) is 6.07 Å². The molecule has 1 aliphatic rings. The number of hydrogen-bond acceptors (Lipinski definition) is 4. The quantitative estimate of drug-likeness (QED) is 0.630. The maximum atomic E-state index is 13.6. The smallest absolute Gasteiger partial charge is 0.304 e. The summed E-state index contributed by atoms with van der Waals surface area (Å²) in [7, 11) is 0. The van der Waals surface area contributed by atoms with E-state index in [-0.39, 0.29) is 11.6 Å². The molecule has 1 aromatic carbocycles. The van der Waals surface area contributed by atoms with Gasteiger partial charge in [-0.25, -0.2) is 0 Å². The number of carbonyl (C=O) groups excluding carboxylic acids is 1. The van der Waals surface area contributed by atoms with E-state index in [4.69, 9.17) is 0 Å². The van der Waals surface area contributed by atoms with Crippen LogP contribution in [-0.2, 0) is 0 Å². The lowest BCUT2D eigenvalue weighted by molar-refractivity contribution is -0.387. The molecule has 0 aliphatic heterocycles. The summed E-state index contributed by atoms with van der Waals surface area (Å²) >= 11 is 0. The molecule has 0 radical (unpaired) electrons. The van der Waals surface area contributed by atoms with Gasteiger partial charge in [-0.1, -0.05) is 0 Å². The van der Waals surface area contributed by atoms with Gasteiger partial charge in [0.2, 0.25) is 5.82 Å². The highest BCUT2D eigenvalue weighted by atomic mass is 19.1. The number of carbonyl (C=O) groups is 1. The van der Waals surface area contributed by atoms with Gasteiger partial charge in [0.1, 0.15) is 5.54 Å². The van der Waals surface area contributed by atoms with Crippen molar-refractivity contribution in [1.82, 2.24) is 4.90 Å². The van der Waals surface area contributed by atoms with Gasteiger partial charge in [0.25, 0.3) is 5.91 Å². The average Bonchev–Trinajstić information content (AvgIpc) is 3.22. The molecule has 0 N–H and O–H groups in total. The molecule has 1 aliphatic carbocycles. The zero-order valence-electron chi connectivity index (χ0n) is 11.7. The molecule has 21 heavy (non-hydrogen) atoms. The Labute approximate surface area is 120 Å². The van der Waals surface area contributed by atoms with Crippen LogP contribution in [0.25, 0.3) is 0 Å². The summed E-state index contributed by atoms with van der Waals surface area (Å²) in [6.45, 7) is 3.23. The van der Waals surface area contributed by atoms with E-state index >= 15 is 0 Å². The van der Waals surface area contributed by atoms with Crippen LogP contribution in [0.15, 0.2) is 18.2 Å². The fourth-order valence-electron chi connectivity index (χ4n) is 2.19. The summed E-state index contributed by atoms with van der Waals surface area (Å²) in [5.74, 6) is -1.55. The highest BCUT2D eigenvalue weighted by molar-refractivity contribution is 5.95. The summed E-state index contributed by atoms with van der Waals surface area (Å²) in [5.41, 5.74) is -1.69. The lowest BCUT2D eigenvalue weighted by Gasteiger charge is -2.33. The topological polar surface area (TPSA) is 87.2 Å². The second-order valence-corrected chi connectivity index (χ2v) is 5.50. The van der Waals surface area contributed by atoms with Crippen LogP contribution in [0.3, 0.4) is 0 Å². The molecule has 0 atom stereocenters. The second kappa shape index (κ2) is 5.13. The Hall–Kier alpha value is -2.49. The predicted molar refractivity (Wildman–Crippen MR) is 71.9 cm³/mol. The molecule has 2 rings (SSSR count). The molecule has 1 aromatic rings. The molecule has 0 bridgehead atoms. The van der Waals surface area contributed by atoms with Crippen LogP contribution in [0.5, 0.6) is 0 Å². The van der Waals surface area contributed by atoms with Crippen molar-refractivity contribution in [2.45, 2.75) is 38.3 Å². The first kappa shape index (κ1) is 14.9. The first-order chi connectivity index (χ1) is 9.77. The van der Waals surface area contributed by atoms with Crippen LogP contribution in [-0.4, -0.2) is 27.3 Å². The molecule has 1 saturated carbocycles. The van der Waals surface area contributed by atoms with Crippen LogP contribution in [0.4, 0.5) is 10.1 Å². The van der Waals surface area contributed by atoms with E-state index in [0.717, 1.165) is 25.0 Å². The standard InChI is InChI=1S/C14H14FN3O3/c1-14(2,8-16)17(10-4-5-10)13(19)9-3-6-12(18(20)21)11(15)7-9/h3,6-7,10H,4-5H2,1-2H3. The van der Waals surface area contributed by atoms with Gasteiger partial charge in [-0.15, -0.1) is 0 Å². The van der Waals surface area contributed by atoms with E-state index in [0.29, 0.717) is 0 Å². The van der Waals surface area contributed by atoms with Crippen LogP contribution in [0.1, 0.15) is 37.0 Å². The number of nitro benzene ring substituents is 1. The molecule has 0 aromatic heterocycles. The minimum Gasteiger partial charge on any atom is -0.317 e. The van der Waals surface area contributed by atoms with E-state index in [9.17, 15) is 24.6 Å². The zero-order chi connectivity index (χ0) is 15.8. The molecule has 0 spiro atoms. The van der Waals surface area contributed by atoms with Crippen LogP contribution in [0, 0.1) is 27.3 Å². The average molecular weight is 291 g/mol. The number of amides is 1. The van der Waals surface area contributed by atoms with Crippen molar-refractivity contribution in [3.8, 4) is 6.07 Å². The van der Waals surface area contributed by atoms with Crippen molar-refractivity contribution in [2.75, 3.05) is 0 Å². The Morgan fingerprint density at radius 3 is 2.57 bits per heavy atom. The van der Waals surface area contributed by atoms with Gasteiger partial charge in [-0.05, 0) is 38.8 Å². The minimum absolute atomic E-state index is 0.00771. The van der Waals surface area contributed by atoms with E-state index in [1.165, 1.54) is 11.0 Å². The minimum atomic E-state index is -1.06. The maximum absolute atomic E-state index is 13.6. The van der Waals surface area contributed by atoms with Crippen LogP contribution >= 0.6 is 0 Å². The summed E-state index contributed by atoms with van der Waals surface area (Å²) in [5, 5.41) is 19.8. The SMILES string of the molecule is CC(C)(C#N)N(C(=O)c1ccc([N+](=O)[O-])c(F)c1)C1CC1. The first-order valence-electron chi connectivity index (χ1n) is 6.47. The van der Waals surface area contributed by atoms with Crippen molar-refractivity contribution in [3.05, 3.63) is 39.7 Å². The van der Waals surface area contributed by atoms with Crippen molar-refractivity contribution in [1.29, 1.82) is 5.26 Å². The van der Waals surface area contributed by atoms with Gasteiger partial charge < -0.3 is 4.90 Å². The van der Waals surface area contributed by atoms with Crippen molar-refractivity contribution in [2.24, 2.45) is 0 Å². The molecule has 0 heterocycles. The molecule has 7 heteroatoms. The summed E-state index contributed by atoms with van der Waals surface area (Å²) in [6, 6.07) is 5.05. The Bertz CT molecular complexity index is 647. The number of nitro groups is 1. The van der Waals surface area contributed by atoms with E-state index < -0.39 is 27.9 Å². The lowest BCUT2D eigenvalue weighted by atomic mass is 10.0. The molecular formula is C14H14FN3O3. The number of hydrogen-bond donors (Lipinski definition) is 0. The zero-order valence-corrected chi connectivity index (χ0v) is 11.7. The molecule has 0 saturated heterocycles. The van der Waals surface area contributed by atoms with Crippen molar-refractivity contribution in [3.63, 3.8) is 0 Å². The Morgan fingerprint density at radius 2 is 2.14 bits per heavy atom. The predicted octanol–water partition coefficient (Wildman–Crippen LogP) is 2.64. The van der Waals surface area contributed by atoms with Gasteiger partial charge >= 0.3 is 5.69 Å². The number of rotatable bonds is 4. The first-order valence-corrected chi connectivity index (χ1v) is 6.47. The second-order valence-electron chi connectivity index (χ2n) is 5.50. The van der Waals surface area contributed by atoms with Gasteiger partial charge in [-0.2, -0.15) is 9.65 Å². The van der Waals surface area contributed by atoms with Gasteiger partial charge in [-0.3, -0.25) is 14.9 Å². The summed E-state index contributed by atoms with van der Waals surface area (Å²) in [4.78, 5) is 23.7. The maximum Gasteiger partial charge on any atom is 0.304 e. The monoisotopic (exact) mass is 291 g/mol. The van der Waals surface area contributed by atoms with Gasteiger partial charge in [0, 0.05) is 17.7 Å². The molecule has 1 fully saturated rings. The molecule has 1 amide bonds. The molecular weight excluding hydrogens is 277 g/mol. The molecule has 0 unspecified atom stereocenters. The number of nitriles is 1. The normalized spacial score (nSPS) is 14.4. The molecule has 110 valence electrons. The van der Waals surface area contributed by atoms with Crippen molar-refractivity contribution >= 4 is 11.6 Å². The summed E-state index contributed by atoms with van der Waals surface area (Å²) in [6.07, 6.45) is 1.60. The Kier molecular flexibility index (Phi) is 3.64. The highest BCUT2D eigenvalue weighted by Crippen LogP contribution is 2.34. The Balaban J connectivity index is 2.36. The van der Waals surface area contributed by atoms with Crippen molar-refractivity contribution < 1.29 is 14.1 Å². The fourth-order valence-corrected chi connectivity index (χ4v) is 2.19. The van der Waals surface area contributed by atoms with Gasteiger partial charge in [0.05, 0.1) is 11.0 Å². The fraction of sp³-hybridized carbons (Fsp3) is 0.429. The largest absolute Gasteiger partial charge is 0.317 e. The lowest BCUT2D eigenvalue weighted by Crippen LogP contribution is -2.48. The Morgan fingerprint density at radius 1 is 1.52 bits per heavy atom. The number of halogens is 1.